The maximum Gasteiger partial charge on any atom is 0.252 e. The summed E-state index contributed by atoms with van der Waals surface area (Å²) in [6, 6.07) is 109. The third-order valence-electron chi connectivity index (χ3n) is 25.7. The third kappa shape index (κ3) is 12.7. The molecule has 0 bridgehead atoms. The van der Waals surface area contributed by atoms with Crippen LogP contribution in [0.4, 0.5) is 34.1 Å². The first kappa shape index (κ1) is 76.1. The van der Waals surface area contributed by atoms with Gasteiger partial charge >= 0.3 is 0 Å². The Kier molecular flexibility index (Phi) is 17.3. The van der Waals surface area contributed by atoms with Crippen LogP contribution in [0, 0.1) is 0 Å². The largest absolute Gasteiger partial charge is 0.456 e. The van der Waals surface area contributed by atoms with Crippen LogP contribution in [-0.2, 0) is 37.9 Å². The quantitative estimate of drug-likeness (QED) is 0.142. The number of hydrogen-bond donors (Lipinski definition) is 0. The summed E-state index contributed by atoms with van der Waals surface area (Å²) >= 11 is 0. The molecule has 0 aliphatic carbocycles. The van der Waals surface area contributed by atoms with Gasteiger partial charge in [-0.3, -0.25) is 0 Å². The highest BCUT2D eigenvalue weighted by Crippen LogP contribution is 2.56. The summed E-state index contributed by atoms with van der Waals surface area (Å²) in [5, 5.41) is 7.09. The molecule has 5 heterocycles. The molecule has 0 N–H and O–H groups in total. The van der Waals surface area contributed by atoms with E-state index in [0.717, 1.165) is 117 Å². The Morgan fingerprint density at radius 2 is 0.610 bits per heavy atom. The van der Waals surface area contributed by atoms with Crippen LogP contribution >= 0.6 is 0 Å². The average molecular weight is 1540 g/mol. The zero-order valence-corrected chi connectivity index (χ0v) is 72.8. The average Bonchev–Trinajstić information content (AvgIpc) is 0.873. The van der Waals surface area contributed by atoms with Gasteiger partial charge in [-0.1, -0.05) is 315 Å². The highest BCUT2D eigenvalue weighted by molar-refractivity contribution is 7.00. The lowest BCUT2D eigenvalue weighted by atomic mass is 9.33. The van der Waals surface area contributed by atoms with Gasteiger partial charge in [0.1, 0.15) is 11.2 Å². The molecule has 19 rings (SSSR count). The van der Waals surface area contributed by atoms with Gasteiger partial charge in [0.15, 0.2) is 0 Å². The van der Waals surface area contributed by atoms with Crippen molar-refractivity contribution in [2.45, 2.75) is 183 Å². The molecular formula is C112H109BN4O. The number of fused-ring (bicyclic) bond motifs is 13. The first-order valence-electron chi connectivity index (χ1n) is 42.6. The van der Waals surface area contributed by atoms with Gasteiger partial charge in [-0.2, -0.15) is 0 Å². The van der Waals surface area contributed by atoms with Crippen LogP contribution in [0.1, 0.15) is 184 Å². The van der Waals surface area contributed by atoms with E-state index in [-0.39, 0.29) is 44.6 Å². The Morgan fingerprint density at radius 3 is 1.07 bits per heavy atom. The zero-order chi connectivity index (χ0) is 82.6. The molecule has 5 nitrogen and oxygen atoms in total. The molecule has 0 spiro atoms. The molecule has 118 heavy (non-hydrogen) atoms. The van der Waals surface area contributed by atoms with Crippen molar-refractivity contribution in [2.75, 3.05) is 9.80 Å². The third-order valence-corrected chi connectivity index (χ3v) is 25.7. The van der Waals surface area contributed by atoms with Crippen LogP contribution in [0.15, 0.2) is 283 Å². The van der Waals surface area contributed by atoms with Gasteiger partial charge < -0.3 is 23.4 Å². The van der Waals surface area contributed by atoms with Gasteiger partial charge in [-0.15, -0.1) is 0 Å². The number of nitrogens with zero attached hydrogens (tertiary/aromatic N) is 4. The van der Waals surface area contributed by atoms with Crippen LogP contribution in [0.5, 0.6) is 0 Å². The van der Waals surface area contributed by atoms with E-state index < -0.39 is 0 Å². The predicted octanol–water partition coefficient (Wildman–Crippen LogP) is 29.6. The molecular weight excluding hydrogens is 1430 g/mol. The Morgan fingerprint density at radius 1 is 0.237 bits per heavy atom. The number of benzene rings is 14. The summed E-state index contributed by atoms with van der Waals surface area (Å²) in [5.41, 5.74) is 36.0. The summed E-state index contributed by atoms with van der Waals surface area (Å²) in [4.78, 5) is 5.45. The standard InChI is InChI=1S/C112H109BN4O/c1-106(2,3)74-42-49-92-86(59-74)87-60-75(107(4,5)6)43-50-93(87)114(92)81-46-48-91-97(65-81)117(105-84(69-35-27-23-28-36-69)63-80(112(19,20)21)64-85(105)70-37-29-24-30-38-70)100-67-82(115-94-51-44-76(108(7,8)9)61-88(94)89-62-77(109(10,11)12)45-52-95(89)115)66-99-104(100)113(91)90-47-41-71(72-53-78(110(13,14)15)58-79(54-72)111(16,17)18)55-96(90)116(99)98-56-73(68-33-25-22-26-34-68)57-102-103(98)83-39-31-32-40-101(83)118-102/h22-67H,1-21H3. The number of para-hydroxylation sites is 1. The fourth-order valence-electron chi connectivity index (χ4n) is 18.8. The molecule has 0 fully saturated rings. The van der Waals surface area contributed by atoms with Crippen molar-refractivity contribution >= 4 is 123 Å². The van der Waals surface area contributed by atoms with Gasteiger partial charge in [0.2, 0.25) is 0 Å². The van der Waals surface area contributed by atoms with Crippen molar-refractivity contribution < 1.29 is 4.42 Å². The van der Waals surface area contributed by atoms with Crippen LogP contribution in [-0.4, -0.2) is 15.8 Å². The maximum atomic E-state index is 7.29. The number of aromatic nitrogens is 2. The van der Waals surface area contributed by atoms with Crippen molar-refractivity contribution in [3.63, 3.8) is 0 Å². The monoisotopic (exact) mass is 1540 g/mol. The fourth-order valence-corrected chi connectivity index (χ4v) is 18.8. The van der Waals surface area contributed by atoms with Crippen molar-refractivity contribution in [1.29, 1.82) is 0 Å². The molecule has 586 valence electrons. The summed E-state index contributed by atoms with van der Waals surface area (Å²) in [7, 11) is 0. The first-order chi connectivity index (χ1) is 55.9. The fraction of sp³-hybridized carbons (Fsp3) is 0.250. The molecule has 0 unspecified atom stereocenters. The van der Waals surface area contributed by atoms with Crippen LogP contribution in [0.2, 0.25) is 0 Å². The van der Waals surface area contributed by atoms with Crippen LogP contribution in [0.3, 0.4) is 0 Å². The normalized spacial score (nSPS) is 13.6. The molecule has 0 radical (unpaired) electrons. The smallest absolute Gasteiger partial charge is 0.252 e. The lowest BCUT2D eigenvalue weighted by Gasteiger charge is -2.45. The molecule has 2 aliphatic rings. The first-order valence-corrected chi connectivity index (χ1v) is 42.6. The predicted molar refractivity (Wildman–Crippen MR) is 509 cm³/mol. The number of anilines is 6. The molecule has 0 amide bonds. The van der Waals surface area contributed by atoms with Crippen molar-refractivity contribution in [3.05, 3.63) is 318 Å². The molecule has 17 aromatic rings. The zero-order valence-electron chi connectivity index (χ0n) is 72.8. The second kappa shape index (κ2) is 26.8. The number of rotatable bonds is 8. The number of furan rings is 1. The Balaban J connectivity index is 1.04. The summed E-state index contributed by atoms with van der Waals surface area (Å²) < 4.78 is 12.5. The van der Waals surface area contributed by atoms with Crippen molar-refractivity contribution in [1.82, 2.24) is 9.13 Å². The van der Waals surface area contributed by atoms with Gasteiger partial charge in [0, 0.05) is 66.5 Å². The Bertz CT molecular complexity index is 6720. The highest BCUT2D eigenvalue weighted by atomic mass is 16.3. The van der Waals surface area contributed by atoms with E-state index in [2.05, 4.69) is 443 Å². The second-order valence-corrected chi connectivity index (χ2v) is 41.2. The molecule has 0 saturated carbocycles. The summed E-state index contributed by atoms with van der Waals surface area (Å²) in [6.45, 7) is 49.1. The van der Waals surface area contributed by atoms with Crippen LogP contribution in [0.25, 0.3) is 121 Å². The Labute approximate surface area is 698 Å². The topological polar surface area (TPSA) is 29.5 Å². The molecule has 2 aliphatic heterocycles. The van der Waals surface area contributed by atoms with E-state index in [1.54, 1.807) is 0 Å². The molecule has 3 aromatic heterocycles. The van der Waals surface area contributed by atoms with Gasteiger partial charge in [-0.05, 0) is 236 Å². The molecule has 0 atom stereocenters. The lowest BCUT2D eigenvalue weighted by molar-refractivity contribution is 0.569. The van der Waals surface area contributed by atoms with E-state index in [4.69, 9.17) is 4.42 Å². The van der Waals surface area contributed by atoms with Crippen molar-refractivity contribution in [2.24, 2.45) is 0 Å². The Hall–Kier alpha value is -11.9. The summed E-state index contributed by atoms with van der Waals surface area (Å²) in [6.07, 6.45) is 0. The minimum absolute atomic E-state index is 0.0808. The van der Waals surface area contributed by atoms with E-state index in [1.165, 1.54) is 93.5 Å². The highest BCUT2D eigenvalue weighted by Gasteiger charge is 2.46. The molecule has 14 aromatic carbocycles. The van der Waals surface area contributed by atoms with E-state index in [0.29, 0.717) is 0 Å². The van der Waals surface area contributed by atoms with E-state index in [1.807, 2.05) is 0 Å². The maximum absolute atomic E-state index is 7.29. The van der Waals surface area contributed by atoms with Gasteiger partial charge in [0.05, 0.1) is 44.5 Å². The van der Waals surface area contributed by atoms with E-state index in [9.17, 15) is 0 Å². The van der Waals surface area contributed by atoms with Crippen LogP contribution < -0.4 is 26.2 Å². The lowest BCUT2D eigenvalue weighted by Crippen LogP contribution is -2.61. The number of hydrogen-bond acceptors (Lipinski definition) is 3. The van der Waals surface area contributed by atoms with Gasteiger partial charge in [0.25, 0.3) is 6.71 Å². The molecule has 0 saturated heterocycles. The van der Waals surface area contributed by atoms with Crippen molar-refractivity contribution in [3.8, 4) is 55.9 Å². The van der Waals surface area contributed by atoms with E-state index >= 15 is 0 Å². The summed E-state index contributed by atoms with van der Waals surface area (Å²) in [5.74, 6) is 0. The van der Waals surface area contributed by atoms with Gasteiger partial charge in [-0.25, -0.2) is 0 Å². The minimum Gasteiger partial charge on any atom is -0.456 e. The SMILES string of the molecule is CC(C)(C)c1cc(-c2ccc3c(c2)N(c2cc(-c4ccccc4)cc4oc5ccccc5c24)c2cc(-n4c5ccc(C(C)(C)C)cc5c5cc(C(C)(C)C)ccc54)cc4c2B3c2ccc(-n3c5ccc(C(C)(C)C)cc5c5cc(C(C)(C)C)ccc53)cc2N4c2c(-c3ccccc3)cc(C(C)(C)C)cc2-c2ccccc2)cc(C(C)(C)C)c1. The minimum atomic E-state index is -0.308. The second-order valence-electron chi connectivity index (χ2n) is 41.2. The molecule has 6 heteroatoms.